The molecule has 2 N–H and O–H groups in total. The maximum atomic E-state index is 5.80. The van der Waals surface area contributed by atoms with E-state index in [1.165, 1.54) is 0 Å². The van der Waals surface area contributed by atoms with Gasteiger partial charge < -0.3 is 10.5 Å². The van der Waals surface area contributed by atoms with E-state index in [2.05, 4.69) is 10.2 Å². The summed E-state index contributed by atoms with van der Waals surface area (Å²) in [4.78, 5) is 0. The van der Waals surface area contributed by atoms with Crippen molar-refractivity contribution >= 4 is 29.3 Å². The third-order valence-electron chi connectivity index (χ3n) is 2.47. The van der Waals surface area contributed by atoms with Gasteiger partial charge in [0.1, 0.15) is 5.75 Å². The number of nitrogens with zero attached hydrogens (tertiary/aromatic N) is 3. The van der Waals surface area contributed by atoms with Crippen LogP contribution in [0.4, 0.5) is 5.95 Å². The van der Waals surface area contributed by atoms with Crippen molar-refractivity contribution < 1.29 is 4.74 Å². The van der Waals surface area contributed by atoms with Gasteiger partial charge in [-0.25, -0.2) is 0 Å². The first-order chi connectivity index (χ1) is 9.16. The summed E-state index contributed by atoms with van der Waals surface area (Å²) in [6.45, 7) is 0.655. The van der Waals surface area contributed by atoms with Crippen LogP contribution in [0.2, 0.25) is 5.02 Å². The lowest BCUT2D eigenvalue weighted by atomic mass is 10.3. The quantitative estimate of drug-likeness (QED) is 0.656. The number of benzene rings is 1. The van der Waals surface area contributed by atoms with E-state index < -0.39 is 0 Å². The van der Waals surface area contributed by atoms with Gasteiger partial charge in [0.15, 0.2) is 5.16 Å². The zero-order valence-corrected chi connectivity index (χ0v) is 12.1. The SMILES string of the molecule is Cn1c(N)nnc1SCCCOc1ccc(Cl)cc1. The molecule has 0 fully saturated rings. The van der Waals surface area contributed by atoms with Gasteiger partial charge in [0.2, 0.25) is 5.95 Å². The van der Waals surface area contributed by atoms with Crippen LogP contribution in [0.15, 0.2) is 29.4 Å². The summed E-state index contributed by atoms with van der Waals surface area (Å²) in [6, 6.07) is 7.35. The molecule has 0 bridgehead atoms. The van der Waals surface area contributed by atoms with E-state index in [9.17, 15) is 0 Å². The van der Waals surface area contributed by atoms with Gasteiger partial charge in [-0.1, -0.05) is 23.4 Å². The number of aromatic nitrogens is 3. The fraction of sp³-hybridized carbons (Fsp3) is 0.333. The summed E-state index contributed by atoms with van der Waals surface area (Å²) >= 11 is 7.41. The Balaban J connectivity index is 1.67. The lowest BCUT2D eigenvalue weighted by molar-refractivity contribution is 0.318. The molecule has 2 rings (SSSR count). The summed E-state index contributed by atoms with van der Waals surface area (Å²) in [6.07, 6.45) is 0.917. The van der Waals surface area contributed by atoms with Gasteiger partial charge in [-0.05, 0) is 30.7 Å². The summed E-state index contributed by atoms with van der Waals surface area (Å²) in [7, 11) is 1.85. The molecule has 7 heteroatoms. The molecule has 5 nitrogen and oxygen atoms in total. The Morgan fingerprint density at radius 3 is 2.68 bits per heavy atom. The lowest BCUT2D eigenvalue weighted by Gasteiger charge is -2.05. The predicted octanol–water partition coefficient (Wildman–Crippen LogP) is 2.61. The zero-order chi connectivity index (χ0) is 13.7. The van der Waals surface area contributed by atoms with Crippen LogP contribution in [0.1, 0.15) is 6.42 Å². The van der Waals surface area contributed by atoms with Crippen LogP contribution in [0.5, 0.6) is 5.75 Å². The van der Waals surface area contributed by atoms with Crippen LogP contribution < -0.4 is 10.5 Å². The molecule has 0 amide bonds. The fourth-order valence-corrected chi connectivity index (χ4v) is 2.35. The minimum atomic E-state index is 0.430. The predicted molar refractivity (Wildman–Crippen MR) is 77.7 cm³/mol. The van der Waals surface area contributed by atoms with Crippen molar-refractivity contribution in [1.29, 1.82) is 0 Å². The molecule has 0 radical (unpaired) electrons. The van der Waals surface area contributed by atoms with Gasteiger partial charge in [-0.15, -0.1) is 10.2 Å². The molecule has 0 saturated heterocycles. The summed E-state index contributed by atoms with van der Waals surface area (Å²) in [5, 5.41) is 9.31. The van der Waals surface area contributed by atoms with Crippen molar-refractivity contribution in [2.24, 2.45) is 7.05 Å². The summed E-state index contributed by atoms with van der Waals surface area (Å²) < 4.78 is 7.36. The molecule has 0 aliphatic rings. The second-order valence-corrected chi connectivity index (χ2v) is 5.40. The molecule has 0 unspecified atom stereocenters. The van der Waals surface area contributed by atoms with Crippen LogP contribution in [0, 0.1) is 0 Å². The smallest absolute Gasteiger partial charge is 0.222 e. The Labute approximate surface area is 121 Å². The highest BCUT2D eigenvalue weighted by Gasteiger charge is 2.05. The van der Waals surface area contributed by atoms with Crippen molar-refractivity contribution in [3.05, 3.63) is 29.3 Å². The molecular formula is C12H15ClN4OS. The van der Waals surface area contributed by atoms with Gasteiger partial charge in [0, 0.05) is 17.8 Å². The number of anilines is 1. The van der Waals surface area contributed by atoms with Crippen molar-refractivity contribution in [3.63, 3.8) is 0 Å². The average Bonchev–Trinajstić information content (AvgIpc) is 2.72. The van der Waals surface area contributed by atoms with Crippen molar-refractivity contribution in [2.75, 3.05) is 18.1 Å². The molecule has 1 aromatic carbocycles. The maximum absolute atomic E-state index is 5.80. The number of nitrogens with two attached hydrogens (primary N) is 1. The molecule has 0 aliphatic heterocycles. The molecule has 2 aromatic rings. The number of hydrogen-bond donors (Lipinski definition) is 1. The second kappa shape index (κ2) is 6.68. The maximum Gasteiger partial charge on any atom is 0.222 e. The highest BCUT2D eigenvalue weighted by atomic mass is 35.5. The molecule has 102 valence electrons. The van der Waals surface area contributed by atoms with Crippen molar-refractivity contribution in [2.45, 2.75) is 11.6 Å². The van der Waals surface area contributed by atoms with E-state index in [0.29, 0.717) is 17.6 Å². The van der Waals surface area contributed by atoms with E-state index in [1.54, 1.807) is 16.3 Å². The van der Waals surface area contributed by atoms with E-state index in [0.717, 1.165) is 23.1 Å². The average molecular weight is 299 g/mol. The molecule has 0 aliphatic carbocycles. The van der Waals surface area contributed by atoms with Crippen molar-refractivity contribution in [3.8, 4) is 5.75 Å². The van der Waals surface area contributed by atoms with Gasteiger partial charge in [0.25, 0.3) is 0 Å². The lowest BCUT2D eigenvalue weighted by Crippen LogP contribution is -2.00. The summed E-state index contributed by atoms with van der Waals surface area (Å²) in [5.41, 5.74) is 5.60. The Kier molecular flexibility index (Phi) is 4.93. The van der Waals surface area contributed by atoms with Crippen molar-refractivity contribution in [1.82, 2.24) is 14.8 Å². The topological polar surface area (TPSA) is 66.0 Å². The Morgan fingerprint density at radius 2 is 2.05 bits per heavy atom. The van der Waals surface area contributed by atoms with E-state index in [1.807, 2.05) is 31.3 Å². The minimum absolute atomic E-state index is 0.430. The number of halogens is 1. The first-order valence-electron chi connectivity index (χ1n) is 5.83. The number of ether oxygens (including phenoxy) is 1. The van der Waals surface area contributed by atoms with Gasteiger partial charge >= 0.3 is 0 Å². The van der Waals surface area contributed by atoms with Crippen LogP contribution in [0.3, 0.4) is 0 Å². The zero-order valence-electron chi connectivity index (χ0n) is 10.5. The third-order valence-corrected chi connectivity index (χ3v) is 3.83. The first-order valence-corrected chi connectivity index (χ1v) is 7.19. The van der Waals surface area contributed by atoms with Crippen LogP contribution in [-0.2, 0) is 7.05 Å². The Bertz CT molecular complexity index is 529. The fourth-order valence-electron chi connectivity index (χ4n) is 1.40. The van der Waals surface area contributed by atoms with Crippen LogP contribution in [0.25, 0.3) is 0 Å². The first kappa shape index (κ1) is 14.0. The third kappa shape index (κ3) is 4.04. The van der Waals surface area contributed by atoms with Crippen LogP contribution in [-0.4, -0.2) is 27.1 Å². The van der Waals surface area contributed by atoms with Gasteiger partial charge in [0.05, 0.1) is 6.61 Å². The molecule has 1 heterocycles. The molecule has 0 spiro atoms. The highest BCUT2D eigenvalue weighted by molar-refractivity contribution is 7.99. The number of thioether (sulfide) groups is 1. The standard InChI is InChI=1S/C12H15ClN4OS/c1-17-11(14)15-16-12(17)19-8-2-7-18-10-5-3-9(13)4-6-10/h3-6H,2,7-8H2,1H3,(H2,14,15). The van der Waals surface area contributed by atoms with E-state index in [-0.39, 0.29) is 0 Å². The largest absolute Gasteiger partial charge is 0.494 e. The van der Waals surface area contributed by atoms with Gasteiger partial charge in [-0.3, -0.25) is 4.57 Å². The Hall–Kier alpha value is -1.40. The normalized spacial score (nSPS) is 10.6. The number of rotatable bonds is 6. The van der Waals surface area contributed by atoms with Gasteiger partial charge in [-0.2, -0.15) is 0 Å². The monoisotopic (exact) mass is 298 g/mol. The molecule has 0 atom stereocenters. The molecular weight excluding hydrogens is 284 g/mol. The van der Waals surface area contributed by atoms with Crippen LogP contribution >= 0.6 is 23.4 Å². The number of hydrogen-bond acceptors (Lipinski definition) is 5. The molecule has 0 saturated carbocycles. The molecule has 1 aromatic heterocycles. The van der Waals surface area contributed by atoms with E-state index >= 15 is 0 Å². The molecule has 19 heavy (non-hydrogen) atoms. The Morgan fingerprint density at radius 1 is 1.32 bits per heavy atom. The minimum Gasteiger partial charge on any atom is -0.494 e. The summed E-state index contributed by atoms with van der Waals surface area (Å²) in [5.74, 6) is 2.16. The van der Waals surface area contributed by atoms with E-state index in [4.69, 9.17) is 22.1 Å². The second-order valence-electron chi connectivity index (χ2n) is 3.90. The number of nitrogen functional groups attached to an aromatic ring is 1. The highest BCUT2D eigenvalue weighted by Crippen LogP contribution is 2.18.